The molecule has 0 spiro atoms. The van der Waals surface area contributed by atoms with E-state index < -0.39 is 0 Å². The van der Waals surface area contributed by atoms with Crippen LogP contribution in [0.15, 0.2) is 54.6 Å². The van der Waals surface area contributed by atoms with Crippen LogP contribution in [0, 0.1) is 0 Å². The summed E-state index contributed by atoms with van der Waals surface area (Å²) < 4.78 is 11.0. The first kappa shape index (κ1) is 21.1. The highest BCUT2D eigenvalue weighted by molar-refractivity contribution is 5.78. The summed E-state index contributed by atoms with van der Waals surface area (Å²) in [5, 5.41) is 3.03. The molecule has 1 fully saturated rings. The normalized spacial score (nSPS) is 15.1. The van der Waals surface area contributed by atoms with Crippen molar-refractivity contribution in [2.45, 2.75) is 6.42 Å². The van der Waals surface area contributed by atoms with Crippen molar-refractivity contribution in [2.24, 2.45) is 0 Å². The van der Waals surface area contributed by atoms with Crippen LogP contribution >= 0.6 is 0 Å². The molecule has 1 saturated heterocycles. The van der Waals surface area contributed by atoms with Crippen molar-refractivity contribution in [2.75, 3.05) is 59.5 Å². The molecule has 1 aliphatic heterocycles. The topological polar surface area (TPSA) is 54.0 Å². The largest absolute Gasteiger partial charge is 0.497 e. The number of piperazine rings is 1. The standard InChI is InChI=1S/C23H31N3O3/c1-28-21-7-9-22(10-8-21)29-18-17-25-13-15-26(16-14-25)19-23(27)24-12-11-20-5-3-2-4-6-20/h2-10H,11-19H2,1H3,(H,24,27). The molecule has 1 aliphatic rings. The number of ether oxygens (including phenoxy) is 2. The van der Waals surface area contributed by atoms with Crippen LogP contribution in [0.4, 0.5) is 0 Å². The summed E-state index contributed by atoms with van der Waals surface area (Å²) in [5.41, 5.74) is 1.25. The number of hydrogen-bond acceptors (Lipinski definition) is 5. The monoisotopic (exact) mass is 397 g/mol. The number of nitrogens with one attached hydrogen (secondary N) is 1. The van der Waals surface area contributed by atoms with E-state index in [1.807, 2.05) is 42.5 Å². The Balaban J connectivity index is 1.26. The molecule has 3 rings (SSSR count). The molecule has 1 N–H and O–H groups in total. The van der Waals surface area contributed by atoms with Gasteiger partial charge in [-0.2, -0.15) is 0 Å². The molecule has 0 aliphatic carbocycles. The van der Waals surface area contributed by atoms with Gasteiger partial charge in [-0.15, -0.1) is 0 Å². The predicted octanol–water partition coefficient (Wildman–Crippen LogP) is 2.05. The summed E-state index contributed by atoms with van der Waals surface area (Å²) >= 11 is 0. The van der Waals surface area contributed by atoms with E-state index in [-0.39, 0.29) is 5.91 Å². The zero-order valence-corrected chi connectivity index (χ0v) is 17.2. The van der Waals surface area contributed by atoms with Crippen LogP contribution in [0.25, 0.3) is 0 Å². The number of amides is 1. The molecule has 29 heavy (non-hydrogen) atoms. The second kappa shape index (κ2) is 11.4. The van der Waals surface area contributed by atoms with E-state index in [1.165, 1.54) is 5.56 Å². The van der Waals surface area contributed by atoms with Crippen molar-refractivity contribution in [3.05, 3.63) is 60.2 Å². The second-order valence-corrected chi connectivity index (χ2v) is 7.23. The van der Waals surface area contributed by atoms with E-state index in [1.54, 1.807) is 7.11 Å². The van der Waals surface area contributed by atoms with Gasteiger partial charge in [-0.05, 0) is 36.2 Å². The lowest BCUT2D eigenvalue weighted by Crippen LogP contribution is -2.50. The zero-order chi connectivity index (χ0) is 20.3. The minimum absolute atomic E-state index is 0.109. The Morgan fingerprint density at radius 3 is 2.28 bits per heavy atom. The fourth-order valence-electron chi connectivity index (χ4n) is 3.39. The molecule has 0 aromatic heterocycles. The van der Waals surface area contributed by atoms with Crippen LogP contribution in [0.3, 0.4) is 0 Å². The molecule has 1 heterocycles. The molecule has 2 aromatic rings. The Bertz CT molecular complexity index is 729. The Kier molecular flexibility index (Phi) is 8.34. The van der Waals surface area contributed by atoms with Crippen molar-refractivity contribution in [1.82, 2.24) is 15.1 Å². The molecule has 156 valence electrons. The summed E-state index contributed by atoms with van der Waals surface area (Å²) in [7, 11) is 1.66. The minimum Gasteiger partial charge on any atom is -0.497 e. The summed E-state index contributed by atoms with van der Waals surface area (Å²) in [6, 6.07) is 17.9. The van der Waals surface area contributed by atoms with Crippen molar-refractivity contribution in [3.8, 4) is 11.5 Å². The first-order valence-corrected chi connectivity index (χ1v) is 10.2. The lowest BCUT2D eigenvalue weighted by Gasteiger charge is -2.34. The molecule has 0 bridgehead atoms. The number of nitrogens with zero attached hydrogens (tertiary/aromatic N) is 2. The summed E-state index contributed by atoms with van der Waals surface area (Å²) in [6.45, 7) is 6.46. The average molecular weight is 398 g/mol. The lowest BCUT2D eigenvalue weighted by atomic mass is 10.1. The molecule has 1 amide bonds. The van der Waals surface area contributed by atoms with Crippen LogP contribution in [0.5, 0.6) is 11.5 Å². The summed E-state index contributed by atoms with van der Waals surface area (Å²) in [5.74, 6) is 1.80. The van der Waals surface area contributed by atoms with Gasteiger partial charge in [0, 0.05) is 39.3 Å². The zero-order valence-electron chi connectivity index (χ0n) is 17.2. The molecule has 0 radical (unpaired) electrons. The van der Waals surface area contributed by atoms with Gasteiger partial charge >= 0.3 is 0 Å². The van der Waals surface area contributed by atoms with E-state index in [0.717, 1.165) is 50.6 Å². The summed E-state index contributed by atoms with van der Waals surface area (Å²) in [6.07, 6.45) is 0.870. The van der Waals surface area contributed by atoms with Gasteiger partial charge in [-0.3, -0.25) is 14.6 Å². The van der Waals surface area contributed by atoms with Crippen molar-refractivity contribution in [3.63, 3.8) is 0 Å². The van der Waals surface area contributed by atoms with E-state index >= 15 is 0 Å². The van der Waals surface area contributed by atoms with Crippen molar-refractivity contribution >= 4 is 5.91 Å². The lowest BCUT2D eigenvalue weighted by molar-refractivity contribution is -0.122. The fourth-order valence-corrected chi connectivity index (χ4v) is 3.39. The van der Waals surface area contributed by atoms with E-state index in [0.29, 0.717) is 19.7 Å². The van der Waals surface area contributed by atoms with E-state index in [9.17, 15) is 4.79 Å². The Morgan fingerprint density at radius 2 is 1.59 bits per heavy atom. The van der Waals surface area contributed by atoms with Gasteiger partial charge in [0.25, 0.3) is 0 Å². The number of benzene rings is 2. The molecule has 6 heteroatoms. The minimum atomic E-state index is 0.109. The molecule has 0 atom stereocenters. The molecule has 2 aromatic carbocycles. The molecule has 6 nitrogen and oxygen atoms in total. The second-order valence-electron chi connectivity index (χ2n) is 7.23. The Hall–Kier alpha value is -2.57. The maximum Gasteiger partial charge on any atom is 0.234 e. The van der Waals surface area contributed by atoms with Gasteiger partial charge in [0.2, 0.25) is 5.91 Å². The van der Waals surface area contributed by atoms with Gasteiger partial charge in [-0.25, -0.2) is 0 Å². The van der Waals surface area contributed by atoms with Crippen molar-refractivity contribution in [1.29, 1.82) is 0 Å². The van der Waals surface area contributed by atoms with Crippen LogP contribution in [-0.4, -0.2) is 75.2 Å². The SMILES string of the molecule is COc1ccc(OCCN2CCN(CC(=O)NCCc3ccccc3)CC2)cc1. The Morgan fingerprint density at radius 1 is 0.931 bits per heavy atom. The molecule has 0 saturated carbocycles. The highest BCUT2D eigenvalue weighted by atomic mass is 16.5. The molecule has 0 unspecified atom stereocenters. The van der Waals surface area contributed by atoms with E-state index in [2.05, 4.69) is 27.2 Å². The number of rotatable bonds is 10. The van der Waals surface area contributed by atoms with Gasteiger partial charge in [0.1, 0.15) is 18.1 Å². The Labute approximate surface area is 173 Å². The number of carbonyl (C=O) groups is 1. The predicted molar refractivity (Wildman–Crippen MR) is 115 cm³/mol. The average Bonchev–Trinajstić information content (AvgIpc) is 2.76. The van der Waals surface area contributed by atoms with Gasteiger partial charge in [0.15, 0.2) is 0 Å². The third-order valence-corrected chi connectivity index (χ3v) is 5.15. The van der Waals surface area contributed by atoms with Gasteiger partial charge in [-0.1, -0.05) is 30.3 Å². The fraction of sp³-hybridized carbons (Fsp3) is 0.435. The number of carbonyl (C=O) groups excluding carboxylic acids is 1. The number of methoxy groups -OCH3 is 1. The maximum atomic E-state index is 12.2. The smallest absolute Gasteiger partial charge is 0.234 e. The number of hydrogen-bond donors (Lipinski definition) is 1. The van der Waals surface area contributed by atoms with Crippen LogP contribution in [-0.2, 0) is 11.2 Å². The van der Waals surface area contributed by atoms with Gasteiger partial charge in [0.05, 0.1) is 13.7 Å². The third kappa shape index (κ3) is 7.40. The first-order chi connectivity index (χ1) is 14.2. The van der Waals surface area contributed by atoms with Crippen LogP contribution in [0.2, 0.25) is 0 Å². The summed E-state index contributed by atoms with van der Waals surface area (Å²) in [4.78, 5) is 16.8. The highest BCUT2D eigenvalue weighted by Gasteiger charge is 2.18. The van der Waals surface area contributed by atoms with E-state index in [4.69, 9.17) is 9.47 Å². The highest BCUT2D eigenvalue weighted by Crippen LogP contribution is 2.16. The first-order valence-electron chi connectivity index (χ1n) is 10.2. The van der Waals surface area contributed by atoms with Crippen LogP contribution < -0.4 is 14.8 Å². The third-order valence-electron chi connectivity index (χ3n) is 5.15. The van der Waals surface area contributed by atoms with Gasteiger partial charge < -0.3 is 14.8 Å². The molecular formula is C23H31N3O3. The van der Waals surface area contributed by atoms with Crippen molar-refractivity contribution < 1.29 is 14.3 Å². The van der Waals surface area contributed by atoms with Crippen LogP contribution in [0.1, 0.15) is 5.56 Å². The molecular weight excluding hydrogens is 366 g/mol. The quantitative estimate of drug-likeness (QED) is 0.665. The maximum absolute atomic E-state index is 12.2.